The Hall–Kier alpha value is -4.03. The van der Waals surface area contributed by atoms with E-state index in [1.807, 2.05) is 23.0 Å². The Morgan fingerprint density at radius 2 is 1.89 bits per heavy atom. The Labute approximate surface area is 257 Å². The van der Waals surface area contributed by atoms with Crippen molar-refractivity contribution in [2.45, 2.75) is 71.5 Å². The first-order chi connectivity index (χ1) is 21.4. The van der Waals surface area contributed by atoms with Gasteiger partial charge in [-0.05, 0) is 61.6 Å². The summed E-state index contributed by atoms with van der Waals surface area (Å²) in [6.07, 6.45) is 3.63. The number of rotatable bonds is 13. The number of carbonyl (C=O) groups excluding carboxylic acids is 1. The number of aliphatic hydroxyl groups is 2. The number of anilines is 1. The molecule has 4 aromatic rings. The number of hydrogen-bond acceptors (Lipinski definition) is 9. The fourth-order valence-electron chi connectivity index (χ4n) is 5.56. The Balaban J connectivity index is 1.23. The van der Waals surface area contributed by atoms with Gasteiger partial charge in [-0.15, -0.1) is 0 Å². The third-order valence-corrected chi connectivity index (χ3v) is 8.14. The van der Waals surface area contributed by atoms with Crippen LogP contribution in [0.2, 0.25) is 0 Å². The molecule has 5 rings (SSSR count). The number of aliphatic hydroxyl groups excluding tert-OH is 2. The molecule has 1 aliphatic heterocycles. The third kappa shape index (κ3) is 7.19. The maximum Gasteiger partial charge on any atom is 0.251 e. The lowest BCUT2D eigenvalue weighted by Crippen LogP contribution is -2.30. The van der Waals surface area contributed by atoms with Crippen LogP contribution in [0.3, 0.4) is 0 Å². The standard InChI is InChI=1S/C33H42N6O5/c1-3-28-26(31(37-25-11-13-44-14-12-25)27-18-36-39(4-2)32(27)38-28)17-35-33(43)22-7-5-21(6-8-22)16-34-19-30(42)23-9-10-29(41)24(15-23)20-40/h5-10,15,18,25,30,34,40-42H,3-4,11-14,16-17,19-20H2,1-2H3,(H,35,43)(H,37,38)/t30-/m0/s1. The average molecular weight is 603 g/mol. The summed E-state index contributed by atoms with van der Waals surface area (Å²) < 4.78 is 7.47. The zero-order valence-electron chi connectivity index (χ0n) is 25.3. The number of ether oxygens (including phenoxy) is 1. The predicted octanol–water partition coefficient (Wildman–Crippen LogP) is 3.56. The minimum absolute atomic E-state index is 0.000131. The van der Waals surface area contributed by atoms with Crippen LogP contribution >= 0.6 is 0 Å². The lowest BCUT2D eigenvalue weighted by Gasteiger charge is -2.26. The first-order valence-corrected chi connectivity index (χ1v) is 15.3. The molecule has 0 radical (unpaired) electrons. The van der Waals surface area contributed by atoms with E-state index in [9.17, 15) is 20.1 Å². The topological polar surface area (TPSA) is 154 Å². The summed E-state index contributed by atoms with van der Waals surface area (Å²) in [5.41, 5.74) is 6.26. The van der Waals surface area contributed by atoms with Crippen molar-refractivity contribution in [1.82, 2.24) is 25.4 Å². The zero-order valence-corrected chi connectivity index (χ0v) is 25.3. The number of amides is 1. The number of aromatic nitrogens is 3. The largest absolute Gasteiger partial charge is 0.508 e. The van der Waals surface area contributed by atoms with Crippen molar-refractivity contribution in [3.63, 3.8) is 0 Å². The van der Waals surface area contributed by atoms with Gasteiger partial charge in [-0.3, -0.25) is 4.79 Å². The van der Waals surface area contributed by atoms with Gasteiger partial charge in [-0.1, -0.05) is 25.1 Å². The van der Waals surface area contributed by atoms with Crippen molar-refractivity contribution in [3.05, 3.63) is 82.2 Å². The van der Waals surface area contributed by atoms with Gasteiger partial charge in [0.25, 0.3) is 5.91 Å². The number of aryl methyl sites for hydroxylation is 2. The van der Waals surface area contributed by atoms with Gasteiger partial charge in [0, 0.05) is 67.8 Å². The smallest absolute Gasteiger partial charge is 0.251 e. The summed E-state index contributed by atoms with van der Waals surface area (Å²) in [6.45, 7) is 7.13. The van der Waals surface area contributed by atoms with Crippen molar-refractivity contribution < 1.29 is 24.9 Å². The molecule has 1 saturated heterocycles. The number of hydrogen-bond donors (Lipinski definition) is 6. The monoisotopic (exact) mass is 602 g/mol. The number of pyridine rings is 1. The Morgan fingerprint density at radius 1 is 1.11 bits per heavy atom. The van der Waals surface area contributed by atoms with Crippen molar-refractivity contribution in [1.29, 1.82) is 0 Å². The molecule has 0 unspecified atom stereocenters. The molecule has 0 saturated carbocycles. The Bertz CT molecular complexity index is 1570. The van der Waals surface area contributed by atoms with Crippen LogP contribution in [0.4, 0.5) is 5.69 Å². The molecule has 44 heavy (non-hydrogen) atoms. The second-order valence-corrected chi connectivity index (χ2v) is 11.1. The molecular weight excluding hydrogens is 560 g/mol. The van der Waals surface area contributed by atoms with Crippen molar-refractivity contribution in [2.24, 2.45) is 0 Å². The Kier molecular flexibility index (Phi) is 10.4. The van der Waals surface area contributed by atoms with Crippen LogP contribution in [0.15, 0.2) is 48.7 Å². The van der Waals surface area contributed by atoms with Crippen LogP contribution in [0.1, 0.15) is 71.1 Å². The summed E-state index contributed by atoms with van der Waals surface area (Å²) in [5.74, 6) is -0.171. The van der Waals surface area contributed by atoms with Gasteiger partial charge >= 0.3 is 0 Å². The van der Waals surface area contributed by atoms with Crippen LogP contribution in [0, 0.1) is 0 Å². The van der Waals surface area contributed by atoms with Gasteiger partial charge in [0.1, 0.15) is 5.75 Å². The van der Waals surface area contributed by atoms with Gasteiger partial charge in [-0.2, -0.15) is 5.10 Å². The number of carbonyl (C=O) groups is 1. The van der Waals surface area contributed by atoms with E-state index in [-0.39, 0.29) is 30.9 Å². The maximum absolute atomic E-state index is 13.2. The molecular formula is C33H42N6O5. The molecule has 0 spiro atoms. The minimum Gasteiger partial charge on any atom is -0.508 e. The van der Waals surface area contributed by atoms with E-state index >= 15 is 0 Å². The third-order valence-electron chi connectivity index (χ3n) is 8.14. The molecule has 0 aliphatic carbocycles. The normalized spacial score (nSPS) is 14.5. The van der Waals surface area contributed by atoms with Crippen molar-refractivity contribution in [3.8, 4) is 5.75 Å². The molecule has 11 nitrogen and oxygen atoms in total. The molecule has 1 amide bonds. The van der Waals surface area contributed by atoms with E-state index < -0.39 is 6.10 Å². The quantitative estimate of drug-likeness (QED) is 0.135. The van der Waals surface area contributed by atoms with E-state index in [1.165, 1.54) is 6.07 Å². The fraction of sp³-hybridized carbons (Fsp3) is 0.424. The molecule has 1 fully saturated rings. The van der Waals surface area contributed by atoms with Crippen LogP contribution in [-0.4, -0.2) is 61.8 Å². The highest BCUT2D eigenvalue weighted by molar-refractivity contribution is 5.95. The number of nitrogens with zero attached hydrogens (tertiary/aromatic N) is 3. The molecule has 11 heteroatoms. The first-order valence-electron chi connectivity index (χ1n) is 15.3. The van der Waals surface area contributed by atoms with Crippen LogP contribution in [-0.2, 0) is 37.4 Å². The lowest BCUT2D eigenvalue weighted by atomic mass is 10.0. The summed E-state index contributed by atoms with van der Waals surface area (Å²) in [7, 11) is 0. The number of benzene rings is 2. The molecule has 234 valence electrons. The van der Waals surface area contributed by atoms with Crippen molar-refractivity contribution in [2.75, 3.05) is 25.1 Å². The molecule has 1 atom stereocenters. The van der Waals surface area contributed by atoms with E-state index in [2.05, 4.69) is 34.9 Å². The fourth-order valence-corrected chi connectivity index (χ4v) is 5.56. The maximum atomic E-state index is 13.2. The summed E-state index contributed by atoms with van der Waals surface area (Å²) >= 11 is 0. The summed E-state index contributed by atoms with van der Waals surface area (Å²) in [6, 6.07) is 12.3. The lowest BCUT2D eigenvalue weighted by molar-refractivity contribution is 0.0904. The highest BCUT2D eigenvalue weighted by Crippen LogP contribution is 2.31. The minimum atomic E-state index is -0.796. The highest BCUT2D eigenvalue weighted by atomic mass is 16.5. The van der Waals surface area contributed by atoms with Crippen LogP contribution in [0.5, 0.6) is 5.75 Å². The zero-order chi connectivity index (χ0) is 31.1. The molecule has 0 bridgehead atoms. The first kappa shape index (κ1) is 31.4. The predicted molar refractivity (Wildman–Crippen MR) is 168 cm³/mol. The van der Waals surface area contributed by atoms with Crippen LogP contribution < -0.4 is 16.0 Å². The van der Waals surface area contributed by atoms with E-state index in [0.717, 1.165) is 72.6 Å². The second-order valence-electron chi connectivity index (χ2n) is 11.1. The number of aromatic hydroxyl groups is 1. The summed E-state index contributed by atoms with van der Waals surface area (Å²) in [4.78, 5) is 18.2. The van der Waals surface area contributed by atoms with Crippen molar-refractivity contribution >= 4 is 22.6 Å². The molecule has 2 aromatic carbocycles. The molecule has 6 N–H and O–H groups in total. The van der Waals surface area contributed by atoms with E-state index in [1.54, 1.807) is 24.3 Å². The van der Waals surface area contributed by atoms with Gasteiger partial charge in [0.2, 0.25) is 0 Å². The number of phenols is 1. The van der Waals surface area contributed by atoms with Crippen LogP contribution in [0.25, 0.3) is 11.0 Å². The summed E-state index contributed by atoms with van der Waals surface area (Å²) in [5, 5.41) is 45.2. The van der Waals surface area contributed by atoms with E-state index in [4.69, 9.17) is 9.72 Å². The van der Waals surface area contributed by atoms with Gasteiger partial charge < -0.3 is 36.0 Å². The molecule has 3 heterocycles. The van der Waals surface area contributed by atoms with Gasteiger partial charge in [0.15, 0.2) is 5.65 Å². The average Bonchev–Trinajstić information content (AvgIpc) is 3.47. The van der Waals surface area contributed by atoms with Gasteiger partial charge in [-0.25, -0.2) is 9.67 Å². The number of fused-ring (bicyclic) bond motifs is 1. The molecule has 1 aliphatic rings. The van der Waals surface area contributed by atoms with Gasteiger partial charge in [0.05, 0.1) is 30.0 Å². The highest BCUT2D eigenvalue weighted by Gasteiger charge is 2.22. The second kappa shape index (κ2) is 14.6. The SMILES string of the molecule is CCc1nc2c(cnn2CC)c(NC2CCOCC2)c1CNC(=O)c1ccc(CNC[C@H](O)c2ccc(O)c(CO)c2)cc1. The van der Waals surface area contributed by atoms with E-state index in [0.29, 0.717) is 29.8 Å². The number of nitrogens with one attached hydrogen (secondary N) is 3. The molecule has 2 aromatic heterocycles. The Morgan fingerprint density at radius 3 is 2.59 bits per heavy atom.